The van der Waals surface area contributed by atoms with Crippen molar-refractivity contribution in [2.45, 2.75) is 44.4 Å². The molecule has 1 aromatic heterocycles. The first kappa shape index (κ1) is 15.9. The van der Waals surface area contributed by atoms with E-state index >= 15 is 0 Å². The van der Waals surface area contributed by atoms with Crippen molar-refractivity contribution >= 4 is 35.3 Å². The third-order valence-corrected chi connectivity index (χ3v) is 5.53. The zero-order chi connectivity index (χ0) is 15.5. The normalized spacial score (nSPS) is 24.7. The summed E-state index contributed by atoms with van der Waals surface area (Å²) in [7, 11) is 0. The molecule has 2 aliphatic rings. The highest BCUT2D eigenvalue weighted by molar-refractivity contribution is 7.73. The van der Waals surface area contributed by atoms with E-state index in [4.69, 9.17) is 27.4 Å². The quantitative estimate of drug-likeness (QED) is 0.799. The molecule has 0 aliphatic carbocycles. The van der Waals surface area contributed by atoms with E-state index in [9.17, 15) is 4.79 Å². The first-order valence-corrected chi connectivity index (χ1v) is 8.88. The number of nitrogen functional groups attached to an aromatic ring is 1. The van der Waals surface area contributed by atoms with Crippen molar-refractivity contribution in [1.29, 1.82) is 0 Å². The molecule has 2 aliphatic heterocycles. The van der Waals surface area contributed by atoms with Crippen LogP contribution in [0.15, 0.2) is 0 Å². The number of anilines is 1. The fourth-order valence-corrected chi connectivity index (χ4v) is 4.10. The minimum Gasteiger partial charge on any atom is -0.384 e. The molecule has 0 radical (unpaired) electrons. The number of hydrogen-bond donors (Lipinski definition) is 2. The lowest BCUT2D eigenvalue weighted by atomic mass is 10.2. The largest absolute Gasteiger partial charge is 0.384 e. The molecule has 2 atom stereocenters. The number of rotatable bonds is 5. The predicted octanol–water partition coefficient (Wildman–Crippen LogP) is 1.95. The van der Waals surface area contributed by atoms with Gasteiger partial charge >= 0.3 is 0 Å². The smallest absolute Gasteiger partial charge is 0.265 e. The number of aromatic nitrogens is 1. The standard InChI is InChI=1S/C14H21N3O3S2/c15-12-11(13(18)16-7-9-3-1-5-19-9)22-14(21)17(12)8-10-4-2-6-20-10/h9-10H,1-8,15H2,(H,16,18)/t9-,10+/m1/s1. The summed E-state index contributed by atoms with van der Waals surface area (Å²) in [5.74, 6) is 0.269. The molecule has 0 saturated carbocycles. The van der Waals surface area contributed by atoms with Crippen LogP contribution >= 0.6 is 23.6 Å². The van der Waals surface area contributed by atoms with E-state index in [1.54, 1.807) is 0 Å². The zero-order valence-electron chi connectivity index (χ0n) is 12.4. The van der Waals surface area contributed by atoms with E-state index in [-0.39, 0.29) is 18.1 Å². The van der Waals surface area contributed by atoms with Crippen LogP contribution in [0.3, 0.4) is 0 Å². The second kappa shape index (κ2) is 7.08. The maximum atomic E-state index is 12.3. The molecule has 3 N–H and O–H groups in total. The first-order valence-electron chi connectivity index (χ1n) is 7.65. The summed E-state index contributed by atoms with van der Waals surface area (Å²) in [6.07, 6.45) is 4.39. The Hall–Kier alpha value is -0.960. The van der Waals surface area contributed by atoms with E-state index in [0.29, 0.717) is 27.7 Å². The van der Waals surface area contributed by atoms with Gasteiger partial charge in [-0.2, -0.15) is 0 Å². The van der Waals surface area contributed by atoms with Gasteiger partial charge in [-0.3, -0.25) is 4.79 Å². The zero-order valence-corrected chi connectivity index (χ0v) is 14.0. The van der Waals surface area contributed by atoms with E-state index in [0.717, 1.165) is 38.9 Å². The lowest BCUT2D eigenvalue weighted by molar-refractivity contribution is 0.0860. The van der Waals surface area contributed by atoms with Crippen LogP contribution in [-0.4, -0.2) is 42.4 Å². The van der Waals surface area contributed by atoms with Crippen molar-refractivity contribution in [2.75, 3.05) is 25.5 Å². The summed E-state index contributed by atoms with van der Waals surface area (Å²) in [5, 5.41) is 2.89. The molecule has 3 rings (SSSR count). The fourth-order valence-electron chi connectivity index (χ4n) is 2.84. The van der Waals surface area contributed by atoms with Gasteiger partial charge in [0.1, 0.15) is 10.7 Å². The van der Waals surface area contributed by atoms with Crippen LogP contribution in [0.4, 0.5) is 5.82 Å². The van der Waals surface area contributed by atoms with Crippen LogP contribution in [0.2, 0.25) is 0 Å². The molecule has 6 nitrogen and oxygen atoms in total. The maximum Gasteiger partial charge on any atom is 0.265 e. The SMILES string of the molecule is Nc1c(C(=O)NC[C@H]2CCCO2)sc(=S)n1C[C@@H]1CCCO1. The molecule has 1 aromatic rings. The average molecular weight is 343 g/mol. The summed E-state index contributed by atoms with van der Waals surface area (Å²) in [5.41, 5.74) is 6.13. The highest BCUT2D eigenvalue weighted by atomic mass is 32.1. The summed E-state index contributed by atoms with van der Waals surface area (Å²) in [6, 6.07) is 0. The van der Waals surface area contributed by atoms with Gasteiger partial charge < -0.3 is 25.1 Å². The van der Waals surface area contributed by atoms with Crippen molar-refractivity contribution in [1.82, 2.24) is 9.88 Å². The Morgan fingerprint density at radius 2 is 2.00 bits per heavy atom. The van der Waals surface area contributed by atoms with Gasteiger partial charge in [-0.25, -0.2) is 0 Å². The van der Waals surface area contributed by atoms with Gasteiger partial charge in [-0.1, -0.05) is 11.3 Å². The van der Waals surface area contributed by atoms with Crippen LogP contribution in [0.25, 0.3) is 0 Å². The van der Waals surface area contributed by atoms with Crippen molar-refractivity contribution in [3.63, 3.8) is 0 Å². The Labute approximate surface area is 138 Å². The summed E-state index contributed by atoms with van der Waals surface area (Å²) in [6.45, 7) is 2.71. The Morgan fingerprint density at radius 3 is 2.64 bits per heavy atom. The minimum atomic E-state index is -0.171. The Bertz CT molecular complexity index is 587. The lowest BCUT2D eigenvalue weighted by Crippen LogP contribution is -2.31. The molecule has 0 bridgehead atoms. The number of carbonyl (C=O) groups excluding carboxylic acids is 1. The highest BCUT2D eigenvalue weighted by Crippen LogP contribution is 2.25. The van der Waals surface area contributed by atoms with Gasteiger partial charge in [0, 0.05) is 19.8 Å². The van der Waals surface area contributed by atoms with Gasteiger partial charge in [0.05, 0.1) is 18.8 Å². The predicted molar refractivity (Wildman–Crippen MR) is 87.8 cm³/mol. The third kappa shape index (κ3) is 3.51. The molecule has 122 valence electrons. The van der Waals surface area contributed by atoms with Crippen LogP contribution in [0, 0.1) is 3.95 Å². The number of amides is 1. The first-order chi connectivity index (χ1) is 10.6. The molecule has 1 amide bonds. The molecule has 22 heavy (non-hydrogen) atoms. The van der Waals surface area contributed by atoms with Crippen molar-refractivity contribution in [3.05, 3.63) is 8.83 Å². The molecule has 8 heteroatoms. The molecule has 0 aromatic carbocycles. The van der Waals surface area contributed by atoms with Crippen molar-refractivity contribution in [2.24, 2.45) is 0 Å². The van der Waals surface area contributed by atoms with Gasteiger partial charge in [0.25, 0.3) is 5.91 Å². The number of hydrogen-bond acceptors (Lipinski definition) is 6. The monoisotopic (exact) mass is 343 g/mol. The van der Waals surface area contributed by atoms with E-state index in [1.165, 1.54) is 11.3 Å². The Kier molecular flexibility index (Phi) is 5.12. The minimum absolute atomic E-state index is 0.118. The number of ether oxygens (including phenoxy) is 2. The van der Waals surface area contributed by atoms with E-state index in [1.807, 2.05) is 4.57 Å². The van der Waals surface area contributed by atoms with Gasteiger partial charge in [0.2, 0.25) is 0 Å². The highest BCUT2D eigenvalue weighted by Gasteiger charge is 2.23. The van der Waals surface area contributed by atoms with Gasteiger partial charge in [0.15, 0.2) is 3.95 Å². The Balaban J connectivity index is 1.65. The van der Waals surface area contributed by atoms with E-state index < -0.39 is 0 Å². The molecule has 0 unspecified atom stereocenters. The summed E-state index contributed by atoms with van der Waals surface area (Å²) >= 11 is 6.61. The third-order valence-electron chi connectivity index (χ3n) is 4.06. The number of nitrogens with one attached hydrogen (secondary N) is 1. The summed E-state index contributed by atoms with van der Waals surface area (Å²) in [4.78, 5) is 12.8. The molecule has 2 fully saturated rings. The average Bonchev–Trinajstić information content (AvgIpc) is 3.23. The number of thiazole rings is 1. The molecule has 3 heterocycles. The molecule has 0 spiro atoms. The van der Waals surface area contributed by atoms with Gasteiger partial charge in [-0.05, 0) is 37.9 Å². The Morgan fingerprint density at radius 1 is 1.32 bits per heavy atom. The fraction of sp³-hybridized carbons (Fsp3) is 0.714. The second-order valence-corrected chi connectivity index (χ2v) is 7.32. The van der Waals surface area contributed by atoms with Crippen LogP contribution in [0.1, 0.15) is 35.4 Å². The van der Waals surface area contributed by atoms with Crippen molar-refractivity contribution < 1.29 is 14.3 Å². The van der Waals surface area contributed by atoms with Crippen LogP contribution < -0.4 is 11.1 Å². The lowest BCUT2D eigenvalue weighted by Gasteiger charge is -2.12. The maximum absolute atomic E-state index is 12.3. The summed E-state index contributed by atoms with van der Waals surface area (Å²) < 4.78 is 13.6. The molecular formula is C14H21N3O3S2. The second-order valence-electron chi connectivity index (χ2n) is 5.67. The topological polar surface area (TPSA) is 78.5 Å². The number of nitrogens with two attached hydrogens (primary N) is 1. The number of nitrogens with zero attached hydrogens (tertiary/aromatic N) is 1. The molecule has 2 saturated heterocycles. The number of carbonyl (C=O) groups is 1. The van der Waals surface area contributed by atoms with E-state index in [2.05, 4.69) is 5.32 Å². The van der Waals surface area contributed by atoms with Gasteiger partial charge in [-0.15, -0.1) is 0 Å². The van der Waals surface area contributed by atoms with Crippen LogP contribution in [0.5, 0.6) is 0 Å². The molecular weight excluding hydrogens is 322 g/mol. The van der Waals surface area contributed by atoms with Crippen molar-refractivity contribution in [3.8, 4) is 0 Å². The van der Waals surface area contributed by atoms with Crippen LogP contribution in [-0.2, 0) is 16.0 Å².